The molecule has 0 saturated carbocycles. The minimum Gasteiger partial charge on any atom is -0.480 e. The Hall–Kier alpha value is -4.21. The average Bonchev–Trinajstić information content (AvgIpc) is 3.29. The molecule has 6 atom stereocenters. The first-order valence-corrected chi connectivity index (χ1v) is 12.7. The van der Waals surface area contributed by atoms with Crippen LogP contribution in [0.2, 0.25) is 0 Å². The molecule has 1 aromatic carbocycles. The number of H-pyrrole nitrogens is 1. The van der Waals surface area contributed by atoms with Crippen LogP contribution in [0.15, 0.2) is 35.5 Å². The van der Waals surface area contributed by atoms with Gasteiger partial charge in [0.2, 0.25) is 17.7 Å². The lowest BCUT2D eigenvalue weighted by Gasteiger charge is -2.27. The molecule has 0 saturated heterocycles. The van der Waals surface area contributed by atoms with Crippen molar-refractivity contribution < 1.29 is 34.5 Å². The Balaban J connectivity index is 2.07. The van der Waals surface area contributed by atoms with Gasteiger partial charge in [0.1, 0.15) is 18.1 Å². The van der Waals surface area contributed by atoms with E-state index in [-0.39, 0.29) is 25.3 Å². The van der Waals surface area contributed by atoms with Gasteiger partial charge in [-0.15, -0.1) is 0 Å². The highest BCUT2D eigenvalue weighted by Gasteiger charge is 2.34. The molecule has 40 heavy (non-hydrogen) atoms. The van der Waals surface area contributed by atoms with Crippen molar-refractivity contribution in [1.29, 1.82) is 0 Å². The van der Waals surface area contributed by atoms with Crippen LogP contribution in [0.25, 0.3) is 10.9 Å². The third-order valence-electron chi connectivity index (χ3n) is 6.14. The van der Waals surface area contributed by atoms with E-state index in [1.54, 1.807) is 18.3 Å². The molecule has 3 amide bonds. The molecule has 0 fully saturated rings. The van der Waals surface area contributed by atoms with E-state index in [2.05, 4.69) is 25.9 Å². The van der Waals surface area contributed by atoms with E-state index in [0.29, 0.717) is 12.0 Å². The van der Waals surface area contributed by atoms with Gasteiger partial charge in [-0.05, 0) is 38.3 Å². The summed E-state index contributed by atoms with van der Waals surface area (Å²) in [5.41, 5.74) is 17.8. The van der Waals surface area contributed by atoms with Crippen molar-refractivity contribution >= 4 is 40.6 Å². The number of nitrogens with one attached hydrogen (secondary N) is 4. The van der Waals surface area contributed by atoms with Gasteiger partial charge in [0.25, 0.3) is 0 Å². The number of guanidine groups is 1. The molecule has 0 bridgehead atoms. The van der Waals surface area contributed by atoms with Crippen LogP contribution in [0.4, 0.5) is 0 Å². The number of carbonyl (C=O) groups is 4. The number of nitrogens with zero attached hydrogens (tertiary/aromatic N) is 1. The first kappa shape index (κ1) is 32.0. The standard InChI is InChI=1S/C25H38N8O7/c1-12(34)19(22(37)31-18(24(39)40)10-14-11-30-17-8-4-3-6-15(14)17)33-23(38)20(13(2)35)32-21(36)16(26)7-5-9-29-25(27)28/h3-4,6,8,11-13,16,18-20,30,34-35H,5,7,9-10,26H2,1-2H3,(H,31,37)(H,32,36)(H,33,38)(H,39,40)(H4,27,28,29). The zero-order valence-electron chi connectivity index (χ0n) is 22.3. The molecule has 1 heterocycles. The number of hydrogen-bond donors (Lipinski definition) is 10. The number of aliphatic imine (C=N–C) groups is 1. The first-order valence-electron chi connectivity index (χ1n) is 12.7. The fraction of sp³-hybridized carbons (Fsp3) is 0.480. The lowest BCUT2D eigenvalue weighted by molar-refractivity contribution is -0.143. The molecule has 2 aromatic rings. The van der Waals surface area contributed by atoms with Crippen LogP contribution in [0.1, 0.15) is 32.3 Å². The van der Waals surface area contributed by atoms with E-state index in [4.69, 9.17) is 17.2 Å². The Morgan fingerprint density at radius 2 is 1.52 bits per heavy atom. The summed E-state index contributed by atoms with van der Waals surface area (Å²) in [7, 11) is 0. The van der Waals surface area contributed by atoms with E-state index in [1.807, 2.05) is 12.1 Å². The van der Waals surface area contributed by atoms with E-state index in [1.165, 1.54) is 13.8 Å². The first-order chi connectivity index (χ1) is 18.8. The van der Waals surface area contributed by atoms with E-state index < -0.39 is 60.1 Å². The van der Waals surface area contributed by atoms with Gasteiger partial charge >= 0.3 is 5.97 Å². The maximum atomic E-state index is 13.0. The highest BCUT2D eigenvalue weighted by atomic mass is 16.4. The fourth-order valence-electron chi connectivity index (χ4n) is 3.95. The number of aliphatic hydroxyl groups excluding tert-OH is 2. The number of aromatic nitrogens is 1. The van der Waals surface area contributed by atoms with Crippen molar-refractivity contribution in [3.63, 3.8) is 0 Å². The number of benzene rings is 1. The Kier molecular flexibility index (Phi) is 11.8. The molecule has 0 aliphatic heterocycles. The number of rotatable bonds is 15. The Morgan fingerprint density at radius 3 is 2.10 bits per heavy atom. The normalized spacial score (nSPS) is 15.6. The smallest absolute Gasteiger partial charge is 0.326 e. The molecule has 6 unspecified atom stereocenters. The summed E-state index contributed by atoms with van der Waals surface area (Å²) in [6.07, 6.45) is -0.714. The minimum absolute atomic E-state index is 0.0704. The molecule has 0 spiro atoms. The van der Waals surface area contributed by atoms with Gasteiger partial charge in [0.15, 0.2) is 5.96 Å². The number of amides is 3. The minimum atomic E-state index is -1.59. The van der Waals surface area contributed by atoms with E-state index >= 15 is 0 Å². The SMILES string of the molecule is CC(O)C(NC(=O)C(N)CCCN=C(N)N)C(=O)NC(C(=O)NC(Cc1c[nH]c2ccccc12)C(=O)O)C(C)O. The van der Waals surface area contributed by atoms with E-state index in [9.17, 15) is 34.5 Å². The lowest BCUT2D eigenvalue weighted by Crippen LogP contribution is -2.62. The fourth-order valence-corrected chi connectivity index (χ4v) is 3.95. The third kappa shape index (κ3) is 9.21. The number of carboxylic acids is 1. The average molecular weight is 563 g/mol. The monoisotopic (exact) mass is 562 g/mol. The summed E-state index contributed by atoms with van der Waals surface area (Å²) in [5, 5.41) is 37.8. The largest absolute Gasteiger partial charge is 0.480 e. The maximum Gasteiger partial charge on any atom is 0.326 e. The van der Waals surface area contributed by atoms with Crippen molar-refractivity contribution in [3.05, 3.63) is 36.0 Å². The molecule has 1 aromatic heterocycles. The molecule has 13 N–H and O–H groups in total. The molecule has 0 aliphatic carbocycles. The third-order valence-corrected chi connectivity index (χ3v) is 6.14. The summed E-state index contributed by atoms with van der Waals surface area (Å²) in [6.45, 7) is 2.71. The molecule has 2 rings (SSSR count). The number of fused-ring (bicyclic) bond motifs is 1. The number of aliphatic carboxylic acids is 1. The zero-order valence-corrected chi connectivity index (χ0v) is 22.3. The van der Waals surface area contributed by atoms with Crippen molar-refractivity contribution in [2.24, 2.45) is 22.2 Å². The number of para-hydroxylation sites is 1. The van der Waals surface area contributed by atoms with Gasteiger partial charge in [-0.2, -0.15) is 0 Å². The summed E-state index contributed by atoms with van der Waals surface area (Å²) in [5.74, 6) is -4.12. The van der Waals surface area contributed by atoms with Crippen LogP contribution in [-0.4, -0.2) is 92.9 Å². The van der Waals surface area contributed by atoms with E-state index in [0.717, 1.165) is 10.9 Å². The van der Waals surface area contributed by atoms with Gasteiger partial charge in [0, 0.05) is 30.1 Å². The number of aromatic amines is 1. The highest BCUT2D eigenvalue weighted by molar-refractivity contribution is 5.95. The van der Waals surface area contributed by atoms with Gasteiger partial charge in [-0.25, -0.2) is 4.79 Å². The Labute approximate surface area is 230 Å². The topological polar surface area (TPSA) is 271 Å². The molecule has 0 radical (unpaired) electrons. The van der Waals surface area contributed by atoms with Crippen molar-refractivity contribution in [2.75, 3.05) is 6.54 Å². The Morgan fingerprint density at radius 1 is 0.950 bits per heavy atom. The summed E-state index contributed by atoms with van der Waals surface area (Å²) >= 11 is 0. The number of carboxylic acid groups (broad SMARTS) is 1. The van der Waals surface area contributed by atoms with Gasteiger partial charge < -0.3 is 53.5 Å². The second-order valence-corrected chi connectivity index (χ2v) is 9.47. The van der Waals surface area contributed by atoms with Crippen LogP contribution < -0.4 is 33.2 Å². The Bertz CT molecular complexity index is 1210. The highest BCUT2D eigenvalue weighted by Crippen LogP contribution is 2.19. The number of aliphatic hydroxyl groups is 2. The van der Waals surface area contributed by atoms with Crippen LogP contribution in [0.3, 0.4) is 0 Å². The summed E-state index contributed by atoms with van der Waals surface area (Å²) < 4.78 is 0. The predicted molar refractivity (Wildman–Crippen MR) is 147 cm³/mol. The number of carbonyl (C=O) groups excluding carboxylic acids is 3. The lowest BCUT2D eigenvalue weighted by atomic mass is 10.0. The molecular formula is C25H38N8O7. The van der Waals surface area contributed by atoms with Crippen LogP contribution in [0.5, 0.6) is 0 Å². The van der Waals surface area contributed by atoms with Gasteiger partial charge in [-0.1, -0.05) is 18.2 Å². The molecule has 0 aliphatic rings. The van der Waals surface area contributed by atoms with Gasteiger partial charge in [0.05, 0.1) is 18.2 Å². The van der Waals surface area contributed by atoms with Crippen LogP contribution >= 0.6 is 0 Å². The molecule has 220 valence electrons. The quantitative estimate of drug-likeness (QED) is 0.0613. The van der Waals surface area contributed by atoms with Crippen molar-refractivity contribution in [2.45, 2.75) is 69.5 Å². The molecule has 15 heteroatoms. The molecule has 15 nitrogen and oxygen atoms in total. The van der Waals surface area contributed by atoms with Gasteiger partial charge in [-0.3, -0.25) is 19.4 Å². The number of hydrogen-bond acceptors (Lipinski definition) is 8. The van der Waals surface area contributed by atoms with Crippen molar-refractivity contribution in [3.8, 4) is 0 Å². The number of nitrogens with two attached hydrogens (primary N) is 3. The second kappa shape index (κ2) is 14.8. The maximum absolute atomic E-state index is 13.0. The van der Waals surface area contributed by atoms with Crippen LogP contribution in [-0.2, 0) is 25.6 Å². The van der Waals surface area contributed by atoms with Crippen molar-refractivity contribution in [1.82, 2.24) is 20.9 Å². The predicted octanol–water partition coefficient (Wildman–Crippen LogP) is -2.61. The summed E-state index contributed by atoms with van der Waals surface area (Å²) in [6, 6.07) is 1.71. The molecular weight excluding hydrogens is 524 g/mol. The van der Waals surface area contributed by atoms with Crippen LogP contribution in [0, 0.1) is 0 Å². The zero-order chi connectivity index (χ0) is 30.0. The summed E-state index contributed by atoms with van der Waals surface area (Å²) in [4.78, 5) is 57.2. The second-order valence-electron chi connectivity index (χ2n) is 9.47.